The number of aromatic hydroxyl groups is 2. The summed E-state index contributed by atoms with van der Waals surface area (Å²) in [4.78, 5) is 28.8. The number of nitrogens with two attached hydrogens (primary N) is 1. The van der Waals surface area contributed by atoms with Gasteiger partial charge in [-0.3, -0.25) is 9.59 Å². The van der Waals surface area contributed by atoms with E-state index in [1.54, 1.807) is 0 Å². The van der Waals surface area contributed by atoms with E-state index in [0.717, 1.165) is 4.73 Å². The number of carbonyl (C=O) groups is 1. The molecule has 1 aromatic heterocycles. The van der Waals surface area contributed by atoms with E-state index in [1.807, 2.05) is 6.92 Å². The summed E-state index contributed by atoms with van der Waals surface area (Å²) in [6, 6.07) is 3.98. The molecule has 0 aliphatic rings. The Hall–Kier alpha value is -2.70. The van der Waals surface area contributed by atoms with Crippen molar-refractivity contribution in [1.29, 1.82) is 0 Å². The van der Waals surface area contributed by atoms with Gasteiger partial charge in [0.1, 0.15) is 23.7 Å². The molecule has 0 spiro atoms. The van der Waals surface area contributed by atoms with Gasteiger partial charge >= 0.3 is 0 Å². The predicted molar refractivity (Wildman–Crippen MR) is 71.8 cm³/mol. The van der Waals surface area contributed by atoms with Crippen LogP contribution in [0.1, 0.15) is 23.7 Å². The van der Waals surface area contributed by atoms with Gasteiger partial charge in [0, 0.05) is 5.39 Å². The predicted octanol–water partition coefficient (Wildman–Crippen LogP) is 0.350. The zero-order chi connectivity index (χ0) is 14.9. The lowest BCUT2D eigenvalue weighted by Crippen LogP contribution is -2.34. The fourth-order valence-corrected chi connectivity index (χ4v) is 1.87. The third-order valence-corrected chi connectivity index (χ3v) is 2.76. The van der Waals surface area contributed by atoms with Crippen molar-refractivity contribution < 1.29 is 19.8 Å². The summed E-state index contributed by atoms with van der Waals surface area (Å²) in [6.45, 7) is 2.10. The highest BCUT2D eigenvalue weighted by Crippen LogP contribution is 2.28. The summed E-state index contributed by atoms with van der Waals surface area (Å²) in [5.41, 5.74) is 3.95. The minimum atomic E-state index is -1.06. The van der Waals surface area contributed by atoms with Gasteiger partial charge in [0.25, 0.3) is 11.5 Å². The normalized spacial score (nSPS) is 10.7. The molecule has 0 fully saturated rings. The molecule has 0 aliphatic carbocycles. The molecule has 0 saturated carbocycles. The molecule has 1 amide bonds. The SMILES string of the molecule is CCCOn1c(=O)c(C(N)=O)c(O)c2cc(O)ccc21. The van der Waals surface area contributed by atoms with Crippen LogP contribution in [-0.4, -0.2) is 27.5 Å². The largest absolute Gasteiger partial charge is 0.508 e. The Kier molecular flexibility index (Phi) is 3.51. The zero-order valence-corrected chi connectivity index (χ0v) is 10.8. The van der Waals surface area contributed by atoms with Crippen molar-refractivity contribution in [1.82, 2.24) is 4.73 Å². The Bertz CT molecular complexity index is 736. The molecule has 0 saturated heterocycles. The number of hydrogen-bond acceptors (Lipinski definition) is 5. The summed E-state index contributed by atoms with van der Waals surface area (Å²) in [5, 5.41) is 19.6. The number of nitrogens with zero attached hydrogens (tertiary/aromatic N) is 1. The highest BCUT2D eigenvalue weighted by molar-refractivity contribution is 6.01. The van der Waals surface area contributed by atoms with Crippen LogP contribution in [0, 0.1) is 0 Å². The average molecular weight is 278 g/mol. The molecule has 106 valence electrons. The number of carbonyl (C=O) groups excluding carboxylic acids is 1. The van der Waals surface area contributed by atoms with Gasteiger partial charge in [0.05, 0.1) is 5.52 Å². The van der Waals surface area contributed by atoms with Gasteiger partial charge in [0.2, 0.25) is 0 Å². The fourth-order valence-electron chi connectivity index (χ4n) is 1.87. The molecule has 0 atom stereocenters. The van der Waals surface area contributed by atoms with E-state index in [4.69, 9.17) is 10.6 Å². The molecule has 2 rings (SSSR count). The molecule has 0 aliphatic heterocycles. The number of pyridine rings is 1. The number of hydrogen-bond donors (Lipinski definition) is 3. The van der Waals surface area contributed by atoms with Gasteiger partial charge < -0.3 is 20.8 Å². The first-order valence-corrected chi connectivity index (χ1v) is 6.01. The molecule has 1 heterocycles. The van der Waals surface area contributed by atoms with Crippen LogP contribution in [0.15, 0.2) is 23.0 Å². The lowest BCUT2D eigenvalue weighted by molar-refractivity contribution is 0.0967. The molecule has 1 aromatic carbocycles. The Morgan fingerprint density at radius 1 is 1.40 bits per heavy atom. The summed E-state index contributed by atoms with van der Waals surface area (Å²) >= 11 is 0. The van der Waals surface area contributed by atoms with Crippen LogP contribution in [0.3, 0.4) is 0 Å². The Balaban J connectivity index is 2.88. The Morgan fingerprint density at radius 3 is 2.70 bits per heavy atom. The highest BCUT2D eigenvalue weighted by Gasteiger charge is 2.21. The molecule has 0 bridgehead atoms. The lowest BCUT2D eigenvalue weighted by atomic mass is 10.1. The molecule has 7 nitrogen and oxygen atoms in total. The van der Waals surface area contributed by atoms with Crippen molar-refractivity contribution >= 4 is 16.8 Å². The maximum absolute atomic E-state index is 12.2. The minimum absolute atomic E-state index is 0.106. The van der Waals surface area contributed by atoms with E-state index in [9.17, 15) is 19.8 Å². The van der Waals surface area contributed by atoms with Crippen molar-refractivity contribution in [2.45, 2.75) is 13.3 Å². The third kappa shape index (κ3) is 2.13. The first kappa shape index (κ1) is 13.7. The molecule has 0 unspecified atom stereocenters. The van der Waals surface area contributed by atoms with Crippen molar-refractivity contribution in [2.24, 2.45) is 5.73 Å². The number of rotatable bonds is 4. The number of fused-ring (bicyclic) bond motifs is 1. The van der Waals surface area contributed by atoms with Crippen LogP contribution in [-0.2, 0) is 0 Å². The smallest absolute Gasteiger partial charge is 0.300 e. The number of phenols is 1. The fraction of sp³-hybridized carbons (Fsp3) is 0.231. The quantitative estimate of drug-likeness (QED) is 0.746. The molecular weight excluding hydrogens is 264 g/mol. The van der Waals surface area contributed by atoms with E-state index >= 15 is 0 Å². The number of benzene rings is 1. The second-order valence-electron chi connectivity index (χ2n) is 4.22. The van der Waals surface area contributed by atoms with Crippen LogP contribution in [0.5, 0.6) is 11.5 Å². The molecule has 2 aromatic rings. The first-order chi connectivity index (χ1) is 9.47. The highest BCUT2D eigenvalue weighted by atomic mass is 16.7. The minimum Gasteiger partial charge on any atom is -0.508 e. The summed E-state index contributed by atoms with van der Waals surface area (Å²) < 4.78 is 0.901. The second-order valence-corrected chi connectivity index (χ2v) is 4.22. The van der Waals surface area contributed by atoms with Crippen molar-refractivity contribution in [3.05, 3.63) is 34.1 Å². The second kappa shape index (κ2) is 5.12. The lowest BCUT2D eigenvalue weighted by Gasteiger charge is -2.14. The summed E-state index contributed by atoms with van der Waals surface area (Å²) in [5.74, 6) is -1.75. The van der Waals surface area contributed by atoms with Gasteiger partial charge in [-0.25, -0.2) is 0 Å². The first-order valence-electron chi connectivity index (χ1n) is 6.01. The Labute approximate surface area is 113 Å². The van der Waals surface area contributed by atoms with Crippen LogP contribution in [0.2, 0.25) is 0 Å². The summed E-state index contributed by atoms with van der Waals surface area (Å²) in [7, 11) is 0. The standard InChI is InChI=1S/C13H14N2O5/c1-2-5-20-15-9-4-3-7(16)6-8(9)11(17)10(12(14)18)13(15)19/h3-4,6,16-17H,2,5H2,1H3,(H2,14,18). The maximum atomic E-state index is 12.2. The maximum Gasteiger partial charge on any atom is 0.300 e. The van der Waals surface area contributed by atoms with Gasteiger partial charge in [-0.1, -0.05) is 6.92 Å². The number of aromatic nitrogens is 1. The monoisotopic (exact) mass is 278 g/mol. The van der Waals surface area contributed by atoms with Crippen LogP contribution >= 0.6 is 0 Å². The van der Waals surface area contributed by atoms with Gasteiger partial charge in [-0.05, 0) is 24.6 Å². The molecule has 20 heavy (non-hydrogen) atoms. The van der Waals surface area contributed by atoms with Crippen LogP contribution in [0.25, 0.3) is 10.9 Å². The number of amides is 1. The van der Waals surface area contributed by atoms with Crippen LogP contribution in [0.4, 0.5) is 0 Å². The number of primary amides is 1. The van der Waals surface area contributed by atoms with E-state index in [2.05, 4.69) is 0 Å². The topological polar surface area (TPSA) is 115 Å². The molecule has 7 heteroatoms. The molecule has 0 radical (unpaired) electrons. The Morgan fingerprint density at radius 2 is 2.10 bits per heavy atom. The van der Waals surface area contributed by atoms with Crippen molar-refractivity contribution in [3.8, 4) is 11.5 Å². The zero-order valence-electron chi connectivity index (χ0n) is 10.8. The van der Waals surface area contributed by atoms with Gasteiger partial charge in [-0.15, -0.1) is 4.73 Å². The van der Waals surface area contributed by atoms with E-state index < -0.39 is 22.8 Å². The van der Waals surface area contributed by atoms with E-state index in [1.165, 1.54) is 18.2 Å². The van der Waals surface area contributed by atoms with E-state index in [-0.39, 0.29) is 23.3 Å². The van der Waals surface area contributed by atoms with Crippen molar-refractivity contribution in [3.63, 3.8) is 0 Å². The van der Waals surface area contributed by atoms with E-state index in [0.29, 0.717) is 6.42 Å². The van der Waals surface area contributed by atoms with Crippen LogP contribution < -0.4 is 16.1 Å². The summed E-state index contributed by atoms with van der Waals surface area (Å²) in [6.07, 6.45) is 0.652. The average Bonchev–Trinajstić information content (AvgIpc) is 2.39. The number of phenolic OH excluding ortho intramolecular Hbond substituents is 1. The van der Waals surface area contributed by atoms with Crippen molar-refractivity contribution in [2.75, 3.05) is 6.61 Å². The molecule has 4 N–H and O–H groups in total. The van der Waals surface area contributed by atoms with Gasteiger partial charge in [-0.2, -0.15) is 0 Å². The molecular formula is C13H14N2O5. The van der Waals surface area contributed by atoms with Gasteiger partial charge in [0.15, 0.2) is 0 Å². The third-order valence-electron chi connectivity index (χ3n) is 2.76.